The number of nitrogens with zero attached hydrogens (tertiary/aromatic N) is 1. The number of rotatable bonds is 2. The summed E-state index contributed by atoms with van der Waals surface area (Å²) in [7, 11) is 0. The fourth-order valence-electron chi connectivity index (χ4n) is 1.51. The third kappa shape index (κ3) is 1.95. The summed E-state index contributed by atoms with van der Waals surface area (Å²) in [6.45, 7) is 4.00. The van der Waals surface area contributed by atoms with Crippen molar-refractivity contribution in [3.05, 3.63) is 0 Å². The number of hydrogen-bond donors (Lipinski definition) is 2. The third-order valence-corrected chi connectivity index (χ3v) is 2.32. The summed E-state index contributed by atoms with van der Waals surface area (Å²) in [5.41, 5.74) is 11.0. The zero-order valence-corrected chi connectivity index (χ0v) is 7.49. The summed E-state index contributed by atoms with van der Waals surface area (Å²) in [5.74, 6) is 0.527. The highest BCUT2D eigenvalue weighted by Crippen LogP contribution is 2.14. The highest BCUT2D eigenvalue weighted by atomic mass is 16.2. The normalized spacial score (nSPS) is 25.9. The average molecular weight is 171 g/mol. The molecule has 4 heteroatoms. The Bertz CT molecular complexity index is 170. The van der Waals surface area contributed by atoms with E-state index in [1.807, 2.05) is 4.90 Å². The quantitative estimate of drug-likeness (QED) is 0.568. The number of carbonyl (C=O) groups is 1. The van der Waals surface area contributed by atoms with E-state index in [1.165, 1.54) is 0 Å². The summed E-state index contributed by atoms with van der Waals surface area (Å²) in [6, 6.07) is -0.374. The smallest absolute Gasteiger partial charge is 0.239 e. The molecule has 1 rings (SSSR count). The minimum atomic E-state index is -0.374. The van der Waals surface area contributed by atoms with Crippen LogP contribution in [0.15, 0.2) is 0 Å². The highest BCUT2D eigenvalue weighted by Gasteiger charge is 2.26. The molecule has 2 atom stereocenters. The second-order valence-corrected chi connectivity index (χ2v) is 3.46. The Labute approximate surface area is 72.9 Å². The molecule has 1 aliphatic heterocycles. The highest BCUT2D eigenvalue weighted by molar-refractivity contribution is 5.81. The molecular weight excluding hydrogens is 154 g/mol. The monoisotopic (exact) mass is 171 g/mol. The van der Waals surface area contributed by atoms with Gasteiger partial charge in [0.25, 0.3) is 0 Å². The largest absolute Gasteiger partial charge is 0.341 e. The first-order valence-corrected chi connectivity index (χ1v) is 4.39. The van der Waals surface area contributed by atoms with Crippen LogP contribution >= 0.6 is 0 Å². The molecule has 0 aromatic carbocycles. The molecule has 2 unspecified atom stereocenters. The van der Waals surface area contributed by atoms with Crippen LogP contribution in [-0.4, -0.2) is 36.5 Å². The van der Waals surface area contributed by atoms with Gasteiger partial charge in [0.15, 0.2) is 0 Å². The summed E-state index contributed by atoms with van der Waals surface area (Å²) < 4.78 is 0. The van der Waals surface area contributed by atoms with Crippen LogP contribution in [0, 0.1) is 5.92 Å². The van der Waals surface area contributed by atoms with Gasteiger partial charge >= 0.3 is 0 Å². The van der Waals surface area contributed by atoms with Gasteiger partial charge < -0.3 is 16.4 Å². The zero-order chi connectivity index (χ0) is 9.14. The fourth-order valence-corrected chi connectivity index (χ4v) is 1.51. The minimum absolute atomic E-state index is 0.0472. The predicted octanol–water partition coefficient (Wildman–Crippen LogP) is -0.859. The van der Waals surface area contributed by atoms with Crippen LogP contribution in [0.4, 0.5) is 0 Å². The molecule has 1 saturated heterocycles. The van der Waals surface area contributed by atoms with Crippen LogP contribution in [0.25, 0.3) is 0 Å². The summed E-state index contributed by atoms with van der Waals surface area (Å²) in [4.78, 5) is 13.2. The molecule has 0 bridgehead atoms. The lowest BCUT2D eigenvalue weighted by atomic mass is 10.1. The van der Waals surface area contributed by atoms with Gasteiger partial charge in [-0.1, -0.05) is 0 Å². The van der Waals surface area contributed by atoms with E-state index in [0.29, 0.717) is 12.5 Å². The maximum absolute atomic E-state index is 11.4. The van der Waals surface area contributed by atoms with Crippen molar-refractivity contribution in [2.24, 2.45) is 17.4 Å². The lowest BCUT2D eigenvalue weighted by Crippen LogP contribution is -2.41. The van der Waals surface area contributed by atoms with Crippen molar-refractivity contribution < 1.29 is 4.79 Å². The molecule has 4 nitrogen and oxygen atoms in total. The van der Waals surface area contributed by atoms with Gasteiger partial charge in [-0.3, -0.25) is 4.79 Å². The topological polar surface area (TPSA) is 72.4 Å². The van der Waals surface area contributed by atoms with E-state index in [4.69, 9.17) is 11.5 Å². The molecule has 1 fully saturated rings. The van der Waals surface area contributed by atoms with Crippen molar-refractivity contribution in [3.8, 4) is 0 Å². The predicted molar refractivity (Wildman–Crippen MR) is 47.4 cm³/mol. The van der Waals surface area contributed by atoms with Crippen molar-refractivity contribution in [2.75, 3.05) is 19.6 Å². The van der Waals surface area contributed by atoms with E-state index in [0.717, 1.165) is 19.5 Å². The van der Waals surface area contributed by atoms with E-state index >= 15 is 0 Å². The number of nitrogens with two attached hydrogens (primary N) is 2. The summed E-state index contributed by atoms with van der Waals surface area (Å²) in [6.07, 6.45) is 1.02. The first kappa shape index (κ1) is 9.48. The van der Waals surface area contributed by atoms with E-state index in [9.17, 15) is 4.79 Å². The molecule has 0 spiro atoms. The van der Waals surface area contributed by atoms with E-state index in [1.54, 1.807) is 6.92 Å². The summed E-state index contributed by atoms with van der Waals surface area (Å²) >= 11 is 0. The van der Waals surface area contributed by atoms with E-state index in [2.05, 4.69) is 0 Å². The van der Waals surface area contributed by atoms with Crippen molar-refractivity contribution >= 4 is 5.91 Å². The van der Waals surface area contributed by atoms with Crippen molar-refractivity contribution in [1.29, 1.82) is 0 Å². The Morgan fingerprint density at radius 1 is 1.75 bits per heavy atom. The van der Waals surface area contributed by atoms with Gasteiger partial charge in [0.05, 0.1) is 6.04 Å². The van der Waals surface area contributed by atoms with Gasteiger partial charge in [0.1, 0.15) is 0 Å². The average Bonchev–Trinajstić information content (AvgIpc) is 2.50. The molecule has 4 N–H and O–H groups in total. The molecule has 0 aromatic heterocycles. The van der Waals surface area contributed by atoms with Crippen molar-refractivity contribution in [2.45, 2.75) is 19.4 Å². The van der Waals surface area contributed by atoms with Crippen LogP contribution in [-0.2, 0) is 4.79 Å². The molecule has 0 aliphatic carbocycles. The lowest BCUT2D eigenvalue weighted by Gasteiger charge is -2.18. The van der Waals surface area contributed by atoms with Crippen LogP contribution in [0.2, 0.25) is 0 Å². The Kier molecular flexibility index (Phi) is 3.05. The molecule has 12 heavy (non-hydrogen) atoms. The molecular formula is C8H17N3O. The molecule has 0 aromatic rings. The zero-order valence-electron chi connectivity index (χ0n) is 7.49. The van der Waals surface area contributed by atoms with E-state index in [-0.39, 0.29) is 11.9 Å². The van der Waals surface area contributed by atoms with Crippen LogP contribution in [0.5, 0.6) is 0 Å². The van der Waals surface area contributed by atoms with Gasteiger partial charge in [-0.15, -0.1) is 0 Å². The lowest BCUT2D eigenvalue weighted by molar-refractivity contribution is -0.131. The Morgan fingerprint density at radius 3 is 2.83 bits per heavy atom. The van der Waals surface area contributed by atoms with Gasteiger partial charge in [0, 0.05) is 13.1 Å². The Hall–Kier alpha value is -0.610. The number of likely N-dealkylation sites (tertiary alicyclic amines) is 1. The van der Waals surface area contributed by atoms with Crippen molar-refractivity contribution in [3.63, 3.8) is 0 Å². The Balaban J connectivity index is 2.41. The van der Waals surface area contributed by atoms with Crippen LogP contribution in [0.3, 0.4) is 0 Å². The SMILES string of the molecule is CC(N)C(=O)N1CCC(CN)C1. The van der Waals surface area contributed by atoms with Crippen LogP contribution in [0.1, 0.15) is 13.3 Å². The first-order chi connectivity index (χ1) is 5.65. The molecule has 1 heterocycles. The third-order valence-electron chi connectivity index (χ3n) is 2.32. The number of amides is 1. The standard InChI is InChI=1S/C8H17N3O/c1-6(10)8(12)11-3-2-7(4-9)5-11/h6-7H,2-5,9-10H2,1H3. The minimum Gasteiger partial charge on any atom is -0.341 e. The number of carbonyl (C=O) groups excluding carboxylic acids is 1. The Morgan fingerprint density at radius 2 is 2.42 bits per heavy atom. The molecule has 1 aliphatic rings. The maximum Gasteiger partial charge on any atom is 0.239 e. The molecule has 1 amide bonds. The molecule has 0 saturated carbocycles. The molecule has 0 radical (unpaired) electrons. The van der Waals surface area contributed by atoms with Gasteiger partial charge in [-0.25, -0.2) is 0 Å². The summed E-state index contributed by atoms with van der Waals surface area (Å²) in [5, 5.41) is 0. The van der Waals surface area contributed by atoms with Gasteiger partial charge in [-0.2, -0.15) is 0 Å². The first-order valence-electron chi connectivity index (χ1n) is 4.39. The van der Waals surface area contributed by atoms with Gasteiger partial charge in [-0.05, 0) is 25.8 Å². The number of hydrogen-bond acceptors (Lipinski definition) is 3. The second kappa shape index (κ2) is 3.87. The van der Waals surface area contributed by atoms with Crippen molar-refractivity contribution in [1.82, 2.24) is 4.90 Å². The fraction of sp³-hybridized carbons (Fsp3) is 0.875. The molecule has 70 valence electrons. The van der Waals surface area contributed by atoms with Crippen LogP contribution < -0.4 is 11.5 Å². The van der Waals surface area contributed by atoms with E-state index < -0.39 is 0 Å². The second-order valence-electron chi connectivity index (χ2n) is 3.46. The van der Waals surface area contributed by atoms with Gasteiger partial charge in [0.2, 0.25) is 5.91 Å². The maximum atomic E-state index is 11.4.